The number of rotatable bonds is 6. The highest BCUT2D eigenvalue weighted by molar-refractivity contribution is 7.93. The highest BCUT2D eigenvalue weighted by Gasteiger charge is 2.27. The number of aromatic nitrogens is 1. The van der Waals surface area contributed by atoms with Crippen LogP contribution < -0.4 is 14.2 Å². The van der Waals surface area contributed by atoms with Crippen molar-refractivity contribution in [3.8, 4) is 11.5 Å². The predicted octanol–water partition coefficient (Wildman–Crippen LogP) is 3.96. The van der Waals surface area contributed by atoms with E-state index in [0.29, 0.717) is 11.3 Å². The molecule has 8 nitrogen and oxygen atoms in total. The van der Waals surface area contributed by atoms with Gasteiger partial charge in [-0.2, -0.15) is 0 Å². The number of benzene rings is 1. The van der Waals surface area contributed by atoms with Gasteiger partial charge in [-0.25, -0.2) is 13.1 Å². The zero-order valence-electron chi connectivity index (χ0n) is 23.1. The smallest absolute Gasteiger partial charge is 0.265 e. The largest absolute Gasteiger partial charge is 0.454 e. The van der Waals surface area contributed by atoms with Crippen LogP contribution in [0.25, 0.3) is 0 Å². The van der Waals surface area contributed by atoms with E-state index in [2.05, 4.69) is 9.68 Å². The van der Waals surface area contributed by atoms with Crippen molar-refractivity contribution in [1.29, 1.82) is 0 Å². The van der Waals surface area contributed by atoms with Crippen LogP contribution in [0, 0.1) is 13.7 Å². The Kier molecular flexibility index (Phi) is 2.94. The SMILES string of the molecule is [2H]N(c1onc(C([2H])([2H])[2H])c1Cl)S(=O)(=O)c1ccsc1C(=O)C([2H])([2H])c1cc2c(cc1C([2H])([2H])[2H])OCO2. The van der Waals surface area contributed by atoms with Crippen molar-refractivity contribution in [2.75, 3.05) is 11.5 Å². The standard InChI is InChI=1S/C18H15ClN2O6S2/c1-9-5-13-14(26-8-25-13)7-11(9)6-12(22)17-15(3-4-28-17)29(23,24)21-18-16(19)10(2)20-27-18/h3-5,7,21H,6,8H2,1-2H3/i1D3,2D3,6D2/hD. The quantitative estimate of drug-likeness (QED) is 0.551. The molecule has 0 saturated heterocycles. The lowest BCUT2D eigenvalue weighted by Gasteiger charge is -2.09. The van der Waals surface area contributed by atoms with E-state index in [-0.39, 0.29) is 23.0 Å². The summed E-state index contributed by atoms with van der Waals surface area (Å²) in [5, 5.41) is 3.57. The first-order valence-electron chi connectivity index (χ1n) is 12.1. The number of ether oxygens (including phenoxy) is 2. The van der Waals surface area contributed by atoms with Gasteiger partial charge in [-0.3, -0.25) is 4.79 Å². The Balaban J connectivity index is 1.78. The second kappa shape index (κ2) is 7.36. The number of thiophene rings is 1. The van der Waals surface area contributed by atoms with Gasteiger partial charge in [0.25, 0.3) is 15.9 Å². The molecule has 0 fully saturated rings. The lowest BCUT2D eigenvalue weighted by molar-refractivity contribution is 0.0994. The minimum absolute atomic E-state index is 0.00828. The molecule has 0 amide bonds. The van der Waals surface area contributed by atoms with Crippen LogP contribution in [-0.4, -0.2) is 26.2 Å². The number of hydrogen-bond acceptors (Lipinski definition) is 8. The van der Waals surface area contributed by atoms with E-state index in [4.69, 9.17) is 33.5 Å². The van der Waals surface area contributed by atoms with Gasteiger partial charge in [0.1, 0.15) is 15.6 Å². The number of aryl methyl sites for hydroxylation is 2. The highest BCUT2D eigenvalue weighted by Crippen LogP contribution is 2.36. The Morgan fingerprint density at radius 3 is 2.93 bits per heavy atom. The van der Waals surface area contributed by atoms with E-state index in [1.807, 2.05) is 0 Å². The molecule has 0 aliphatic carbocycles. The van der Waals surface area contributed by atoms with Gasteiger partial charge in [-0.15, -0.1) is 11.3 Å². The summed E-state index contributed by atoms with van der Waals surface area (Å²) in [6.45, 7) is -6.01. The third-order valence-electron chi connectivity index (χ3n) is 3.70. The molecule has 29 heavy (non-hydrogen) atoms. The van der Waals surface area contributed by atoms with E-state index in [1.54, 1.807) is 0 Å². The van der Waals surface area contributed by atoms with Gasteiger partial charge in [0, 0.05) is 17.3 Å². The monoisotopic (exact) mass is 463 g/mol. The number of ketones is 1. The number of carbonyl (C=O) groups is 1. The normalized spacial score (nSPS) is 18.9. The maximum absolute atomic E-state index is 13.4. The summed E-state index contributed by atoms with van der Waals surface area (Å²) in [7, 11) is -5.00. The summed E-state index contributed by atoms with van der Waals surface area (Å²) in [6.07, 6.45) is -3.08. The van der Waals surface area contributed by atoms with Crippen LogP contribution in [0.3, 0.4) is 0 Å². The van der Waals surface area contributed by atoms with Gasteiger partial charge < -0.3 is 14.0 Å². The van der Waals surface area contributed by atoms with Crippen molar-refractivity contribution < 1.29 is 39.6 Å². The fourth-order valence-corrected chi connectivity index (χ4v) is 4.77. The van der Waals surface area contributed by atoms with E-state index >= 15 is 0 Å². The Bertz CT molecular complexity index is 1530. The molecule has 0 atom stereocenters. The van der Waals surface area contributed by atoms with Gasteiger partial charge in [0.05, 0.1) is 4.88 Å². The van der Waals surface area contributed by atoms with Crippen LogP contribution in [0.4, 0.5) is 5.88 Å². The van der Waals surface area contributed by atoms with Crippen LogP contribution in [0.15, 0.2) is 33.0 Å². The van der Waals surface area contributed by atoms with Crippen LogP contribution in [0.1, 0.15) is 37.5 Å². The fraction of sp³-hybridized carbons (Fsp3) is 0.222. The number of nitrogens with one attached hydrogen (secondary N) is 1. The average molecular weight is 464 g/mol. The summed E-state index contributed by atoms with van der Waals surface area (Å²) >= 11 is 6.42. The number of Topliss-reactive ketones (excluding diaryl/α,β-unsaturated/α-hetero) is 1. The van der Waals surface area contributed by atoms with Gasteiger partial charge >= 0.3 is 0 Å². The summed E-state index contributed by atoms with van der Waals surface area (Å²) < 4.78 is 112. The molecule has 2 aromatic heterocycles. The van der Waals surface area contributed by atoms with Gasteiger partial charge in [-0.1, -0.05) is 16.8 Å². The number of nitrogens with zero attached hydrogens (tertiary/aromatic N) is 1. The lowest BCUT2D eigenvalue weighted by atomic mass is 10.0. The lowest BCUT2D eigenvalue weighted by Crippen LogP contribution is -2.16. The number of hydrogen-bond donors (Lipinski definition) is 1. The van der Waals surface area contributed by atoms with Gasteiger partial charge in [0.15, 0.2) is 18.7 Å². The Morgan fingerprint density at radius 1 is 1.41 bits per heavy atom. The second-order valence-electron chi connectivity index (χ2n) is 5.54. The molecule has 0 spiro atoms. The third-order valence-corrected chi connectivity index (χ3v) is 6.38. The predicted molar refractivity (Wildman–Crippen MR) is 107 cm³/mol. The molecule has 1 N–H and O–H groups in total. The number of sulfonamides is 1. The van der Waals surface area contributed by atoms with Crippen molar-refractivity contribution in [3.05, 3.63) is 50.3 Å². The molecule has 4 rings (SSSR count). The van der Waals surface area contributed by atoms with Crippen molar-refractivity contribution in [1.82, 2.24) is 5.16 Å². The summed E-state index contributed by atoms with van der Waals surface area (Å²) in [5.41, 5.74) is -1.93. The van der Waals surface area contributed by atoms with Crippen molar-refractivity contribution in [2.24, 2.45) is 0 Å². The molecule has 3 heterocycles. The van der Waals surface area contributed by atoms with Crippen LogP contribution in [0.2, 0.25) is 6.43 Å². The molecule has 0 saturated carbocycles. The molecule has 1 aliphatic heterocycles. The summed E-state index contributed by atoms with van der Waals surface area (Å²) in [4.78, 5) is 11.9. The van der Waals surface area contributed by atoms with Crippen LogP contribution in [0.5, 0.6) is 11.5 Å². The van der Waals surface area contributed by atoms with Crippen molar-refractivity contribution in [3.63, 3.8) is 0 Å². The molecule has 11 heteroatoms. The first kappa shape index (κ1) is 11.6. The van der Waals surface area contributed by atoms with E-state index < -0.39 is 73.4 Å². The van der Waals surface area contributed by atoms with Gasteiger partial charge in [-0.05, 0) is 48.4 Å². The minimum Gasteiger partial charge on any atom is -0.454 e. The number of halogens is 1. The van der Waals surface area contributed by atoms with E-state index in [9.17, 15) is 13.2 Å². The summed E-state index contributed by atoms with van der Waals surface area (Å²) in [6, 6.07) is 2.96. The molecule has 1 aliphatic rings. The second-order valence-corrected chi connectivity index (χ2v) is 8.40. The molecule has 152 valence electrons. The maximum atomic E-state index is 13.4. The fourth-order valence-electron chi connectivity index (χ4n) is 2.38. The average Bonchev–Trinajstić information content (AvgIpc) is 3.55. The zero-order chi connectivity index (χ0) is 28.4. The highest BCUT2D eigenvalue weighted by atomic mass is 35.5. The molecular formula is C18H15ClN2O6S2. The maximum Gasteiger partial charge on any atom is 0.265 e. The zero-order valence-corrected chi connectivity index (χ0v) is 16.4. The Labute approximate surface area is 188 Å². The molecular weight excluding hydrogens is 440 g/mol. The van der Waals surface area contributed by atoms with Crippen molar-refractivity contribution >= 4 is 44.6 Å². The minimum atomic E-state index is -5.00. The van der Waals surface area contributed by atoms with Crippen LogP contribution in [-0.2, 0) is 16.4 Å². The van der Waals surface area contributed by atoms with Crippen molar-refractivity contribution in [2.45, 2.75) is 25.0 Å². The summed E-state index contributed by atoms with van der Waals surface area (Å²) in [5.74, 6) is -2.36. The van der Waals surface area contributed by atoms with E-state index in [0.717, 1.165) is 23.6 Å². The van der Waals surface area contributed by atoms with E-state index in [1.165, 1.54) is 0 Å². The van der Waals surface area contributed by atoms with Gasteiger partial charge in [0.2, 0.25) is 6.79 Å². The number of anilines is 1. The third kappa shape index (κ3) is 3.70. The first-order valence-corrected chi connectivity index (χ1v) is 10.3. The Morgan fingerprint density at radius 2 is 2.21 bits per heavy atom. The first-order chi connectivity index (χ1) is 17.4. The molecule has 3 aromatic rings. The number of fused-ring (bicyclic) bond motifs is 1. The van der Waals surface area contributed by atoms with Crippen LogP contribution >= 0.6 is 22.9 Å². The Hall–Kier alpha value is -2.56. The molecule has 0 bridgehead atoms. The molecule has 1 aromatic carbocycles. The molecule has 0 radical (unpaired) electrons. The number of carbonyl (C=O) groups excluding carboxylic acids is 1. The topological polar surface area (TPSA) is 108 Å². The molecule has 0 unspecified atom stereocenters.